The van der Waals surface area contributed by atoms with Crippen molar-refractivity contribution in [1.82, 2.24) is 4.90 Å². The van der Waals surface area contributed by atoms with E-state index in [0.717, 1.165) is 50.4 Å². The second-order valence-corrected chi connectivity index (χ2v) is 8.52. The Hall–Kier alpha value is -1.88. The Bertz CT molecular complexity index is 638. The lowest BCUT2D eigenvalue weighted by molar-refractivity contribution is -0.143. The number of anilines is 1. The quantitative estimate of drug-likeness (QED) is 0.698. The lowest BCUT2D eigenvalue weighted by Gasteiger charge is -2.30. The van der Waals surface area contributed by atoms with Crippen molar-refractivity contribution in [3.8, 4) is 0 Å². The van der Waals surface area contributed by atoms with E-state index in [4.69, 9.17) is 0 Å². The maximum atomic E-state index is 12.2. The Labute approximate surface area is 168 Å². The molecule has 1 heterocycles. The van der Waals surface area contributed by atoms with Gasteiger partial charge in [-0.3, -0.25) is 9.59 Å². The highest BCUT2D eigenvalue weighted by Gasteiger charge is 2.24. The average molecular weight is 387 g/mol. The Balaban J connectivity index is 1.38. The molecule has 1 aromatic rings. The molecule has 0 radical (unpaired) electrons. The third-order valence-corrected chi connectivity index (χ3v) is 6.31. The first kappa shape index (κ1) is 20.8. The van der Waals surface area contributed by atoms with Gasteiger partial charge in [-0.2, -0.15) is 0 Å². The summed E-state index contributed by atoms with van der Waals surface area (Å²) in [5, 5.41) is 12.2. The summed E-state index contributed by atoms with van der Waals surface area (Å²) in [6.45, 7) is 2.53. The van der Waals surface area contributed by atoms with Crippen molar-refractivity contribution in [3.05, 3.63) is 29.8 Å². The molecule has 1 aliphatic carbocycles. The van der Waals surface area contributed by atoms with Gasteiger partial charge in [0.1, 0.15) is 0 Å². The van der Waals surface area contributed by atoms with E-state index in [2.05, 4.69) is 22.3 Å². The third-order valence-electron chi connectivity index (χ3n) is 6.31. The average Bonchev–Trinajstić information content (AvgIpc) is 2.73. The van der Waals surface area contributed by atoms with E-state index in [1.165, 1.54) is 37.7 Å². The molecule has 0 bridgehead atoms. The number of carbonyl (C=O) groups excluding carboxylic acids is 1. The SMILES string of the molecule is O=C(CCC1CCCCC1)Nc1ccc(CCN2CCCC(C(=O)O)C2)cc1. The number of carbonyl (C=O) groups is 2. The molecule has 1 aliphatic heterocycles. The van der Waals surface area contributed by atoms with Crippen LogP contribution in [0.4, 0.5) is 5.69 Å². The van der Waals surface area contributed by atoms with Gasteiger partial charge in [-0.15, -0.1) is 0 Å². The molecule has 28 heavy (non-hydrogen) atoms. The Morgan fingerprint density at radius 3 is 2.50 bits per heavy atom. The highest BCUT2D eigenvalue weighted by atomic mass is 16.4. The number of hydrogen-bond acceptors (Lipinski definition) is 3. The first-order valence-corrected chi connectivity index (χ1v) is 10.9. The van der Waals surface area contributed by atoms with Gasteiger partial charge in [0.05, 0.1) is 5.92 Å². The van der Waals surface area contributed by atoms with Gasteiger partial charge in [0, 0.05) is 25.2 Å². The summed E-state index contributed by atoms with van der Waals surface area (Å²) in [7, 11) is 0. The molecule has 5 heteroatoms. The van der Waals surface area contributed by atoms with Crippen LogP contribution in [-0.4, -0.2) is 41.5 Å². The molecule has 5 nitrogen and oxygen atoms in total. The number of rotatable bonds is 8. The lowest BCUT2D eigenvalue weighted by atomic mass is 9.86. The second kappa shape index (κ2) is 10.6. The Morgan fingerprint density at radius 1 is 1.04 bits per heavy atom. The number of piperidine rings is 1. The lowest BCUT2D eigenvalue weighted by Crippen LogP contribution is -2.39. The number of benzene rings is 1. The second-order valence-electron chi connectivity index (χ2n) is 8.52. The van der Waals surface area contributed by atoms with Gasteiger partial charge in [0.15, 0.2) is 0 Å². The van der Waals surface area contributed by atoms with E-state index in [1.807, 2.05) is 12.1 Å². The zero-order chi connectivity index (χ0) is 19.8. The summed E-state index contributed by atoms with van der Waals surface area (Å²) in [6.07, 6.45) is 10.9. The Morgan fingerprint density at radius 2 is 1.79 bits per heavy atom. The zero-order valence-electron chi connectivity index (χ0n) is 16.9. The van der Waals surface area contributed by atoms with Crippen molar-refractivity contribution in [1.29, 1.82) is 0 Å². The van der Waals surface area contributed by atoms with E-state index in [-0.39, 0.29) is 11.8 Å². The minimum Gasteiger partial charge on any atom is -0.481 e. The number of carboxylic acid groups (broad SMARTS) is 1. The molecular formula is C23H34N2O3. The standard InChI is InChI=1S/C23H34N2O3/c26-22(13-10-18-5-2-1-3-6-18)24-21-11-8-19(9-12-21)14-16-25-15-4-7-20(17-25)23(27)28/h8-9,11-12,18,20H,1-7,10,13-17H2,(H,24,26)(H,27,28). The number of carboxylic acids is 1. The highest BCUT2D eigenvalue weighted by Crippen LogP contribution is 2.27. The molecule has 0 aromatic heterocycles. The van der Waals surface area contributed by atoms with Gasteiger partial charge in [-0.25, -0.2) is 0 Å². The minimum atomic E-state index is -0.673. The van der Waals surface area contributed by atoms with E-state index >= 15 is 0 Å². The molecule has 2 N–H and O–H groups in total. The molecule has 2 aliphatic rings. The number of nitrogens with zero attached hydrogens (tertiary/aromatic N) is 1. The summed E-state index contributed by atoms with van der Waals surface area (Å²) in [5.41, 5.74) is 2.08. The first-order chi connectivity index (χ1) is 13.6. The number of hydrogen-bond donors (Lipinski definition) is 2. The molecule has 1 atom stereocenters. The van der Waals surface area contributed by atoms with Crippen LogP contribution in [0.15, 0.2) is 24.3 Å². The fraction of sp³-hybridized carbons (Fsp3) is 0.652. The number of aliphatic carboxylic acids is 1. The van der Waals surface area contributed by atoms with Crippen LogP contribution in [-0.2, 0) is 16.0 Å². The summed E-state index contributed by atoms with van der Waals surface area (Å²) in [5.74, 6) is -0.0445. The van der Waals surface area contributed by atoms with Crippen molar-refractivity contribution < 1.29 is 14.7 Å². The number of amides is 1. The van der Waals surface area contributed by atoms with Crippen LogP contribution >= 0.6 is 0 Å². The summed E-state index contributed by atoms with van der Waals surface area (Å²) < 4.78 is 0. The molecule has 0 spiro atoms. The van der Waals surface area contributed by atoms with Crippen LogP contribution < -0.4 is 5.32 Å². The van der Waals surface area contributed by atoms with Crippen LogP contribution in [0.1, 0.15) is 63.4 Å². The molecule has 154 valence electrons. The van der Waals surface area contributed by atoms with Crippen molar-refractivity contribution >= 4 is 17.6 Å². The molecule has 2 fully saturated rings. The van der Waals surface area contributed by atoms with E-state index < -0.39 is 5.97 Å². The van der Waals surface area contributed by atoms with Gasteiger partial charge < -0.3 is 15.3 Å². The Kier molecular flexibility index (Phi) is 7.90. The van der Waals surface area contributed by atoms with Crippen molar-refractivity contribution in [2.24, 2.45) is 11.8 Å². The number of nitrogens with one attached hydrogen (secondary N) is 1. The van der Waals surface area contributed by atoms with E-state index in [9.17, 15) is 14.7 Å². The van der Waals surface area contributed by atoms with E-state index in [1.54, 1.807) is 0 Å². The molecule has 1 aromatic carbocycles. The van der Waals surface area contributed by atoms with Crippen molar-refractivity contribution in [2.75, 3.05) is 25.0 Å². The van der Waals surface area contributed by atoms with Crippen molar-refractivity contribution in [3.63, 3.8) is 0 Å². The van der Waals surface area contributed by atoms with Gasteiger partial charge in [-0.1, -0.05) is 44.2 Å². The largest absolute Gasteiger partial charge is 0.481 e. The fourth-order valence-corrected chi connectivity index (χ4v) is 4.54. The molecular weight excluding hydrogens is 352 g/mol. The third kappa shape index (κ3) is 6.62. The molecule has 1 saturated heterocycles. The fourth-order valence-electron chi connectivity index (χ4n) is 4.54. The summed E-state index contributed by atoms with van der Waals surface area (Å²) in [4.78, 5) is 25.6. The van der Waals surface area contributed by atoms with Gasteiger partial charge in [-0.05, 0) is 55.8 Å². The van der Waals surface area contributed by atoms with Crippen LogP contribution in [0.3, 0.4) is 0 Å². The van der Waals surface area contributed by atoms with E-state index in [0.29, 0.717) is 13.0 Å². The van der Waals surface area contributed by atoms with Crippen LogP contribution in [0.5, 0.6) is 0 Å². The molecule has 1 saturated carbocycles. The maximum absolute atomic E-state index is 12.2. The summed E-state index contributed by atoms with van der Waals surface area (Å²) >= 11 is 0. The smallest absolute Gasteiger partial charge is 0.307 e. The van der Waals surface area contributed by atoms with Crippen LogP contribution in [0.25, 0.3) is 0 Å². The topological polar surface area (TPSA) is 69.6 Å². The van der Waals surface area contributed by atoms with Crippen molar-refractivity contribution in [2.45, 2.75) is 64.2 Å². The van der Waals surface area contributed by atoms with Gasteiger partial charge in [0.2, 0.25) is 5.91 Å². The number of likely N-dealkylation sites (tertiary alicyclic amines) is 1. The predicted molar refractivity (Wildman–Crippen MR) is 111 cm³/mol. The maximum Gasteiger partial charge on any atom is 0.307 e. The summed E-state index contributed by atoms with van der Waals surface area (Å²) in [6, 6.07) is 8.08. The zero-order valence-corrected chi connectivity index (χ0v) is 16.9. The van der Waals surface area contributed by atoms with Crippen LogP contribution in [0.2, 0.25) is 0 Å². The predicted octanol–water partition coefficient (Wildman–Crippen LogP) is 4.32. The normalized spacial score (nSPS) is 21.4. The first-order valence-electron chi connectivity index (χ1n) is 10.9. The molecule has 1 unspecified atom stereocenters. The van der Waals surface area contributed by atoms with Crippen LogP contribution in [0, 0.1) is 11.8 Å². The van der Waals surface area contributed by atoms with Gasteiger partial charge in [0.25, 0.3) is 0 Å². The van der Waals surface area contributed by atoms with Gasteiger partial charge >= 0.3 is 5.97 Å². The molecule has 1 amide bonds. The monoisotopic (exact) mass is 386 g/mol. The highest BCUT2D eigenvalue weighted by molar-refractivity contribution is 5.90. The minimum absolute atomic E-state index is 0.117. The molecule has 3 rings (SSSR count).